The molecule has 1 saturated heterocycles. The molecular formula is C49H83NO3. The molecule has 5 rings (SSSR count). The zero-order valence-corrected chi connectivity index (χ0v) is 35.0. The minimum atomic E-state index is -0.614. The van der Waals surface area contributed by atoms with Gasteiger partial charge >= 0.3 is 0 Å². The van der Waals surface area contributed by atoms with E-state index in [1.165, 1.54) is 196 Å². The highest BCUT2D eigenvalue weighted by Gasteiger charge is 2.64. The van der Waals surface area contributed by atoms with E-state index in [1.54, 1.807) is 0 Å². The van der Waals surface area contributed by atoms with Crippen molar-refractivity contribution in [1.82, 2.24) is 4.90 Å². The molecule has 0 aromatic heterocycles. The standard InChI is InChI=1S/C49H83NO3/c1-4-6-8-10-12-14-16-18-20-22-24-26-28-30-32-39-40(33-31-29-27-25-23-21-19-17-15-13-11-9-7-5-2)46(52)47-45-41(39)38-43-42-34-35-44(51)48(53-47)49(42,45)36-37-50(43)3/h34-35,42-44,48,51-52H,4-33,36-38H2,1-3H3/t42-,43+,44-,48-,49-/m0/s1. The van der Waals surface area contributed by atoms with Crippen LogP contribution in [0, 0.1) is 5.92 Å². The molecule has 2 bridgehead atoms. The quantitative estimate of drug-likeness (QED) is 0.0610. The second-order valence-electron chi connectivity index (χ2n) is 18.2. The van der Waals surface area contributed by atoms with E-state index in [0.717, 1.165) is 44.4 Å². The maximum atomic E-state index is 12.1. The van der Waals surface area contributed by atoms with Crippen LogP contribution in [0.25, 0.3) is 0 Å². The van der Waals surface area contributed by atoms with Crippen molar-refractivity contribution in [2.24, 2.45) is 5.92 Å². The Balaban J connectivity index is 1.13. The minimum Gasteiger partial charge on any atom is -0.504 e. The van der Waals surface area contributed by atoms with E-state index >= 15 is 0 Å². The molecule has 0 radical (unpaired) electrons. The van der Waals surface area contributed by atoms with Gasteiger partial charge in [0.05, 0.1) is 0 Å². The molecule has 1 spiro atoms. The average Bonchev–Trinajstić information content (AvgIpc) is 3.51. The number of likely N-dealkylation sites (N-methyl/N-ethyl adjacent to an activating group) is 1. The first-order valence-electron chi connectivity index (χ1n) is 23.7. The Labute approximate surface area is 327 Å². The van der Waals surface area contributed by atoms with Crippen LogP contribution in [0.3, 0.4) is 0 Å². The molecule has 5 atom stereocenters. The fraction of sp³-hybridized carbons (Fsp3) is 0.837. The third-order valence-corrected chi connectivity index (χ3v) is 14.2. The zero-order chi connectivity index (χ0) is 37.3. The summed E-state index contributed by atoms with van der Waals surface area (Å²) in [6.07, 6.45) is 45.8. The van der Waals surface area contributed by atoms with Crippen LogP contribution in [0.2, 0.25) is 0 Å². The van der Waals surface area contributed by atoms with Crippen molar-refractivity contribution in [1.29, 1.82) is 0 Å². The van der Waals surface area contributed by atoms with Crippen molar-refractivity contribution in [3.63, 3.8) is 0 Å². The second-order valence-corrected chi connectivity index (χ2v) is 18.2. The van der Waals surface area contributed by atoms with E-state index in [-0.39, 0.29) is 11.5 Å². The summed E-state index contributed by atoms with van der Waals surface area (Å²) in [4.78, 5) is 2.58. The largest absolute Gasteiger partial charge is 0.504 e. The zero-order valence-electron chi connectivity index (χ0n) is 35.0. The van der Waals surface area contributed by atoms with Gasteiger partial charge in [0.2, 0.25) is 0 Å². The number of piperidine rings is 1. The SMILES string of the molecule is CCCCCCCCCCCCCCCCc1c(O)c2c3c(c1CCCCCCCCCCCCCCCC)C[C@@H]1[C@@H]4C=C[C@H](O)[C@H](O2)[C@]34CCN1C. The first kappa shape index (κ1) is 42.6. The number of hydrogen-bond acceptors (Lipinski definition) is 4. The van der Waals surface area contributed by atoms with Crippen LogP contribution in [0.1, 0.15) is 222 Å². The third kappa shape index (κ3) is 11.1. The lowest BCUT2D eigenvalue weighted by Gasteiger charge is -2.56. The number of benzene rings is 1. The molecule has 1 aromatic rings. The summed E-state index contributed by atoms with van der Waals surface area (Å²) >= 11 is 0. The topological polar surface area (TPSA) is 52.9 Å². The molecule has 0 amide bonds. The summed E-state index contributed by atoms with van der Waals surface area (Å²) in [5.41, 5.74) is 5.22. The van der Waals surface area contributed by atoms with Gasteiger partial charge in [0.25, 0.3) is 0 Å². The first-order chi connectivity index (χ1) is 26.0. The Morgan fingerprint density at radius 3 is 1.53 bits per heavy atom. The lowest BCUT2D eigenvalue weighted by Crippen LogP contribution is -2.64. The van der Waals surface area contributed by atoms with Crippen LogP contribution >= 0.6 is 0 Å². The molecule has 2 heterocycles. The normalized spacial score (nSPS) is 24.2. The van der Waals surface area contributed by atoms with Gasteiger partial charge in [-0.3, -0.25) is 0 Å². The number of aromatic hydroxyl groups is 1. The molecule has 2 aliphatic heterocycles. The van der Waals surface area contributed by atoms with Crippen LogP contribution in [-0.4, -0.2) is 47.0 Å². The van der Waals surface area contributed by atoms with Crippen molar-refractivity contribution < 1.29 is 14.9 Å². The minimum absolute atomic E-state index is 0.205. The molecule has 4 nitrogen and oxygen atoms in total. The summed E-state index contributed by atoms with van der Waals surface area (Å²) < 4.78 is 6.73. The number of phenols is 1. The summed E-state index contributed by atoms with van der Waals surface area (Å²) in [5.74, 6) is 1.50. The number of aliphatic hydroxyl groups is 1. The van der Waals surface area contributed by atoms with E-state index < -0.39 is 6.10 Å². The van der Waals surface area contributed by atoms with E-state index in [1.807, 2.05) is 6.08 Å². The number of nitrogens with zero attached hydrogens (tertiary/aromatic N) is 1. The summed E-state index contributed by atoms with van der Waals surface area (Å²) in [7, 11) is 2.30. The molecule has 2 N–H and O–H groups in total. The predicted molar refractivity (Wildman–Crippen MR) is 226 cm³/mol. The van der Waals surface area contributed by atoms with Crippen LogP contribution in [0.15, 0.2) is 12.2 Å². The first-order valence-corrected chi connectivity index (χ1v) is 23.7. The number of hydrogen-bond donors (Lipinski definition) is 2. The van der Waals surface area contributed by atoms with E-state index in [9.17, 15) is 10.2 Å². The molecule has 4 heteroatoms. The van der Waals surface area contributed by atoms with E-state index in [2.05, 4.69) is 31.9 Å². The van der Waals surface area contributed by atoms with Crippen LogP contribution in [0.5, 0.6) is 11.5 Å². The maximum Gasteiger partial charge on any atom is 0.166 e. The van der Waals surface area contributed by atoms with Gasteiger partial charge in [-0.25, -0.2) is 0 Å². The Morgan fingerprint density at radius 1 is 0.623 bits per heavy atom. The number of aliphatic hydroxyl groups excluding tert-OH is 1. The van der Waals surface area contributed by atoms with Gasteiger partial charge in [-0.2, -0.15) is 0 Å². The molecule has 0 saturated carbocycles. The molecule has 4 aliphatic rings. The highest BCUT2D eigenvalue weighted by molar-refractivity contribution is 5.67. The number of unbranched alkanes of at least 4 members (excludes halogenated alkanes) is 26. The van der Waals surface area contributed by atoms with Crippen LogP contribution in [0.4, 0.5) is 0 Å². The van der Waals surface area contributed by atoms with Crippen molar-refractivity contribution in [3.8, 4) is 11.5 Å². The molecule has 302 valence electrons. The Kier molecular flexibility index (Phi) is 18.4. The van der Waals surface area contributed by atoms with Crippen LogP contribution in [-0.2, 0) is 24.7 Å². The average molecular weight is 734 g/mol. The fourth-order valence-electron chi connectivity index (χ4n) is 11.1. The summed E-state index contributed by atoms with van der Waals surface area (Å²) in [5, 5.41) is 23.4. The van der Waals surface area contributed by atoms with Gasteiger partial charge < -0.3 is 19.8 Å². The molecule has 2 aliphatic carbocycles. The number of likely N-dealkylation sites (tertiary alicyclic amines) is 1. The molecular weight excluding hydrogens is 651 g/mol. The molecule has 0 unspecified atom stereocenters. The number of ether oxygens (including phenoxy) is 1. The van der Waals surface area contributed by atoms with Crippen LogP contribution < -0.4 is 4.74 Å². The fourth-order valence-corrected chi connectivity index (χ4v) is 11.1. The van der Waals surface area contributed by atoms with Crippen molar-refractivity contribution in [2.45, 2.75) is 243 Å². The second kappa shape index (κ2) is 22.9. The van der Waals surface area contributed by atoms with Gasteiger partial charge in [0.15, 0.2) is 11.5 Å². The highest BCUT2D eigenvalue weighted by Crippen LogP contribution is 2.64. The highest BCUT2D eigenvalue weighted by atomic mass is 16.5. The lowest BCUT2D eigenvalue weighted by molar-refractivity contribution is -0.0454. The number of rotatable bonds is 30. The Hall–Kier alpha value is -1.52. The third-order valence-electron chi connectivity index (χ3n) is 14.2. The van der Waals surface area contributed by atoms with Gasteiger partial charge in [-0.15, -0.1) is 0 Å². The summed E-state index contributed by atoms with van der Waals surface area (Å²) in [6.45, 7) is 5.62. The van der Waals surface area contributed by atoms with Gasteiger partial charge in [-0.1, -0.05) is 193 Å². The van der Waals surface area contributed by atoms with Crippen molar-refractivity contribution >= 4 is 0 Å². The smallest absolute Gasteiger partial charge is 0.166 e. The Morgan fingerprint density at radius 2 is 1.06 bits per heavy atom. The lowest BCUT2D eigenvalue weighted by atomic mass is 9.52. The van der Waals surface area contributed by atoms with Gasteiger partial charge in [0.1, 0.15) is 12.2 Å². The van der Waals surface area contributed by atoms with Gasteiger partial charge in [0, 0.05) is 28.5 Å². The molecule has 1 aromatic carbocycles. The van der Waals surface area contributed by atoms with E-state index in [4.69, 9.17) is 4.74 Å². The van der Waals surface area contributed by atoms with Crippen molar-refractivity contribution in [3.05, 3.63) is 34.4 Å². The molecule has 1 fully saturated rings. The molecule has 53 heavy (non-hydrogen) atoms. The maximum absolute atomic E-state index is 12.1. The summed E-state index contributed by atoms with van der Waals surface area (Å²) in [6, 6.07) is 0.436. The predicted octanol–water partition coefficient (Wildman–Crippen LogP) is 13.2. The van der Waals surface area contributed by atoms with Gasteiger partial charge in [-0.05, 0) is 63.2 Å². The Bertz CT molecular complexity index is 1220. The number of phenolic OH excluding ortho intramolecular Hbond substituents is 1. The van der Waals surface area contributed by atoms with E-state index in [0.29, 0.717) is 17.7 Å². The monoisotopic (exact) mass is 734 g/mol. The van der Waals surface area contributed by atoms with Crippen molar-refractivity contribution in [2.75, 3.05) is 13.6 Å².